The highest BCUT2D eigenvalue weighted by atomic mass is 19.1. The summed E-state index contributed by atoms with van der Waals surface area (Å²) in [7, 11) is 0. The number of halogens is 1. The average Bonchev–Trinajstić information content (AvgIpc) is 2.89. The summed E-state index contributed by atoms with van der Waals surface area (Å²) in [6.07, 6.45) is 5.26. The Morgan fingerprint density at radius 1 is 1.03 bits per heavy atom. The summed E-state index contributed by atoms with van der Waals surface area (Å²) < 4.78 is 14.1. The lowest BCUT2D eigenvalue weighted by atomic mass is 9.74. The number of benzene rings is 2. The van der Waals surface area contributed by atoms with Crippen molar-refractivity contribution < 1.29 is 14.3 Å². The summed E-state index contributed by atoms with van der Waals surface area (Å²) in [5.74, 6) is 5.94. The van der Waals surface area contributed by atoms with Gasteiger partial charge in [0, 0.05) is 54.6 Å². The molecule has 3 aromatic rings. The van der Waals surface area contributed by atoms with Gasteiger partial charge in [0.1, 0.15) is 5.82 Å². The van der Waals surface area contributed by atoms with Crippen LogP contribution in [0.2, 0.25) is 0 Å². The number of carbonyl (C=O) groups excluding carboxylic acids is 1. The maximum Gasteiger partial charge on any atom is 0.321 e. The van der Waals surface area contributed by atoms with E-state index in [-0.39, 0.29) is 36.3 Å². The molecule has 0 bridgehead atoms. The number of pyridine rings is 1. The minimum atomic E-state index is -0.451. The molecule has 184 valence electrons. The van der Waals surface area contributed by atoms with Crippen LogP contribution in [0.4, 0.5) is 14.9 Å². The van der Waals surface area contributed by atoms with Crippen molar-refractivity contribution in [2.45, 2.75) is 30.8 Å². The summed E-state index contributed by atoms with van der Waals surface area (Å²) in [6.45, 7) is 2.09. The fraction of sp³-hybridized carbons (Fsp3) is 0.310. The van der Waals surface area contributed by atoms with Gasteiger partial charge in [-0.15, -0.1) is 0 Å². The highest BCUT2D eigenvalue weighted by Gasteiger charge is 2.49. The first-order chi connectivity index (χ1) is 17.6. The van der Waals surface area contributed by atoms with Crippen molar-refractivity contribution in [2.24, 2.45) is 0 Å². The van der Waals surface area contributed by atoms with E-state index < -0.39 is 5.82 Å². The van der Waals surface area contributed by atoms with Crippen LogP contribution in [0.15, 0.2) is 73.1 Å². The molecule has 2 N–H and O–H groups in total. The van der Waals surface area contributed by atoms with E-state index in [9.17, 15) is 14.3 Å². The molecule has 2 aliphatic heterocycles. The second-order valence-electron chi connectivity index (χ2n) is 9.26. The number of aliphatic hydroxyl groups is 1. The number of amides is 2. The second-order valence-corrected chi connectivity index (χ2v) is 9.26. The molecule has 2 saturated heterocycles. The van der Waals surface area contributed by atoms with Crippen LogP contribution in [0.1, 0.15) is 35.4 Å². The monoisotopic (exact) mass is 484 g/mol. The Bertz CT molecular complexity index is 1260. The lowest BCUT2D eigenvalue weighted by Crippen LogP contribution is -2.68. The van der Waals surface area contributed by atoms with Crippen molar-refractivity contribution in [1.29, 1.82) is 0 Å². The molecule has 0 saturated carbocycles. The molecule has 2 amide bonds. The number of urea groups is 1. The first-order valence-electron chi connectivity index (χ1n) is 12.3. The van der Waals surface area contributed by atoms with Crippen LogP contribution < -0.4 is 5.32 Å². The molecule has 2 aromatic carbocycles. The normalized spacial score (nSPS) is 21.7. The summed E-state index contributed by atoms with van der Waals surface area (Å²) >= 11 is 0. The van der Waals surface area contributed by atoms with E-state index in [0.29, 0.717) is 13.1 Å². The molecule has 6 nitrogen and oxygen atoms in total. The van der Waals surface area contributed by atoms with E-state index in [1.54, 1.807) is 35.5 Å². The Morgan fingerprint density at radius 2 is 1.81 bits per heavy atom. The van der Waals surface area contributed by atoms with Gasteiger partial charge < -0.3 is 15.3 Å². The van der Waals surface area contributed by atoms with Crippen LogP contribution in [-0.2, 0) is 0 Å². The van der Waals surface area contributed by atoms with E-state index in [2.05, 4.69) is 39.2 Å². The van der Waals surface area contributed by atoms with Crippen molar-refractivity contribution in [2.75, 3.05) is 31.6 Å². The fourth-order valence-electron chi connectivity index (χ4n) is 5.25. The smallest absolute Gasteiger partial charge is 0.321 e. The van der Waals surface area contributed by atoms with Gasteiger partial charge in [0.15, 0.2) is 0 Å². The molecule has 36 heavy (non-hydrogen) atoms. The molecule has 7 heteroatoms. The molecule has 3 heterocycles. The minimum Gasteiger partial charge on any atom is -0.395 e. The maximum absolute atomic E-state index is 14.1. The summed E-state index contributed by atoms with van der Waals surface area (Å²) in [4.78, 5) is 21.2. The van der Waals surface area contributed by atoms with Gasteiger partial charge in [-0.2, -0.15) is 0 Å². The largest absolute Gasteiger partial charge is 0.395 e. The highest BCUT2D eigenvalue weighted by molar-refractivity contribution is 5.89. The Morgan fingerprint density at radius 3 is 2.56 bits per heavy atom. The maximum atomic E-state index is 14.1. The number of para-hydroxylation sites is 1. The van der Waals surface area contributed by atoms with Gasteiger partial charge in [-0.3, -0.25) is 9.88 Å². The Balaban J connectivity index is 1.32. The van der Waals surface area contributed by atoms with Gasteiger partial charge in [0.2, 0.25) is 0 Å². The lowest BCUT2D eigenvalue weighted by molar-refractivity contribution is -0.0585. The fourth-order valence-corrected chi connectivity index (χ4v) is 5.25. The number of aliphatic hydroxyl groups excluding tert-OH is 1. The average molecular weight is 485 g/mol. The molecule has 3 atom stereocenters. The number of hydrogen-bond acceptors (Lipinski definition) is 4. The zero-order valence-electron chi connectivity index (χ0n) is 20.0. The molecular formula is C29H29FN4O2. The van der Waals surface area contributed by atoms with Crippen LogP contribution in [0, 0.1) is 17.7 Å². The number of nitrogens with one attached hydrogen (secondary N) is 1. The minimum absolute atomic E-state index is 0.0110. The highest BCUT2D eigenvalue weighted by Crippen LogP contribution is 2.42. The molecule has 2 fully saturated rings. The van der Waals surface area contributed by atoms with Gasteiger partial charge >= 0.3 is 6.03 Å². The van der Waals surface area contributed by atoms with Gasteiger partial charge in [-0.05, 0) is 61.3 Å². The van der Waals surface area contributed by atoms with E-state index in [1.807, 2.05) is 24.3 Å². The number of hydrogen-bond donors (Lipinski definition) is 2. The second kappa shape index (κ2) is 10.9. The topological polar surface area (TPSA) is 68.7 Å². The zero-order chi connectivity index (χ0) is 24.9. The van der Waals surface area contributed by atoms with Crippen LogP contribution in [-0.4, -0.2) is 64.2 Å². The number of aromatic nitrogens is 1. The molecular weight excluding hydrogens is 455 g/mol. The van der Waals surface area contributed by atoms with Gasteiger partial charge in [0.25, 0.3) is 0 Å². The summed E-state index contributed by atoms with van der Waals surface area (Å²) in [5, 5.41) is 12.9. The Labute approximate surface area is 210 Å². The molecule has 0 unspecified atom stereocenters. The van der Waals surface area contributed by atoms with Crippen LogP contribution >= 0.6 is 0 Å². The third kappa shape index (κ3) is 5.11. The first-order valence-corrected chi connectivity index (χ1v) is 12.3. The molecule has 0 radical (unpaired) electrons. The van der Waals surface area contributed by atoms with E-state index in [4.69, 9.17) is 0 Å². The van der Waals surface area contributed by atoms with Crippen molar-refractivity contribution in [3.05, 3.63) is 95.6 Å². The van der Waals surface area contributed by atoms with Crippen LogP contribution in [0.5, 0.6) is 0 Å². The first kappa shape index (κ1) is 24.0. The predicted molar refractivity (Wildman–Crippen MR) is 137 cm³/mol. The molecule has 2 aliphatic rings. The summed E-state index contributed by atoms with van der Waals surface area (Å²) in [5.41, 5.74) is 3.07. The van der Waals surface area contributed by atoms with Gasteiger partial charge in [-0.25, -0.2) is 9.18 Å². The van der Waals surface area contributed by atoms with Crippen LogP contribution in [0.25, 0.3) is 0 Å². The van der Waals surface area contributed by atoms with E-state index >= 15 is 0 Å². The van der Waals surface area contributed by atoms with Crippen molar-refractivity contribution in [3.8, 4) is 11.8 Å². The predicted octanol–water partition coefficient (Wildman–Crippen LogP) is 4.08. The number of fused-ring (bicyclic) bond motifs is 1. The number of nitrogens with zero attached hydrogens (tertiary/aromatic N) is 3. The molecule has 0 spiro atoms. The zero-order valence-corrected chi connectivity index (χ0v) is 20.0. The van der Waals surface area contributed by atoms with Gasteiger partial charge in [-0.1, -0.05) is 36.1 Å². The Hall–Kier alpha value is -3.73. The van der Waals surface area contributed by atoms with E-state index in [1.165, 1.54) is 6.07 Å². The number of carbonyl (C=O) groups is 1. The van der Waals surface area contributed by atoms with Crippen LogP contribution in [0.3, 0.4) is 0 Å². The van der Waals surface area contributed by atoms with Gasteiger partial charge in [0.05, 0.1) is 12.3 Å². The number of rotatable bonds is 3. The summed E-state index contributed by atoms with van der Waals surface area (Å²) in [6, 6.07) is 17.9. The molecule has 5 rings (SSSR count). The molecule has 0 aliphatic carbocycles. The Kier molecular flexibility index (Phi) is 7.26. The third-order valence-electron chi connectivity index (χ3n) is 7.08. The number of anilines is 1. The quantitative estimate of drug-likeness (QED) is 0.550. The molecule has 1 aromatic heterocycles. The van der Waals surface area contributed by atoms with E-state index in [0.717, 1.165) is 36.1 Å². The lowest BCUT2D eigenvalue weighted by Gasteiger charge is -2.57. The third-order valence-corrected chi connectivity index (χ3v) is 7.08. The van der Waals surface area contributed by atoms with Crippen molar-refractivity contribution >= 4 is 11.7 Å². The SMILES string of the molecule is O=C(Nc1ccccc1F)N1CCCCN2[C@H](CO)[C@@H](c3ccc(C#Cc4cccnc4)cc3)[C@H]2C1. The van der Waals surface area contributed by atoms with Crippen molar-refractivity contribution in [3.63, 3.8) is 0 Å². The standard InChI is InChI=1S/C29H29FN4O2/c30-24-7-1-2-8-25(24)32-29(36)33-16-3-4-17-34-26(19-33)28(27(34)20-35)23-13-11-21(12-14-23)9-10-22-6-5-15-31-18-22/h1-2,5-8,11-15,18,26-28,35H,3-4,16-17,19-20H2,(H,32,36)/t26-,27-,28+/m1/s1. The van der Waals surface area contributed by atoms with Crippen molar-refractivity contribution in [1.82, 2.24) is 14.8 Å².